The molecule has 1 unspecified atom stereocenters. The fourth-order valence-corrected chi connectivity index (χ4v) is 3.69. The molecule has 1 heteroatoms. The van der Waals surface area contributed by atoms with Gasteiger partial charge in [0, 0.05) is 6.04 Å². The molecule has 1 atom stereocenters. The number of nitrogens with one attached hydrogen (secondary N) is 1. The van der Waals surface area contributed by atoms with E-state index in [0.29, 0.717) is 6.04 Å². The minimum Gasteiger partial charge on any atom is -0.317 e. The Labute approximate surface area is 122 Å². The highest BCUT2D eigenvalue weighted by atomic mass is 14.9. The predicted octanol–water partition coefficient (Wildman–Crippen LogP) is 4.55. The molecule has 0 spiro atoms. The second-order valence-corrected chi connectivity index (χ2v) is 6.21. The molecule has 0 amide bonds. The van der Waals surface area contributed by atoms with Crippen LogP contribution in [0.25, 0.3) is 10.8 Å². The highest BCUT2D eigenvalue weighted by Crippen LogP contribution is 2.30. The van der Waals surface area contributed by atoms with Crippen LogP contribution in [0.3, 0.4) is 0 Å². The van der Waals surface area contributed by atoms with E-state index in [1.165, 1.54) is 48.4 Å². The molecular weight excluding hydrogens is 242 g/mol. The van der Waals surface area contributed by atoms with Crippen molar-refractivity contribution in [2.75, 3.05) is 7.05 Å². The molecule has 1 nitrogen and oxygen atoms in total. The van der Waals surface area contributed by atoms with Crippen LogP contribution in [0.15, 0.2) is 42.5 Å². The van der Waals surface area contributed by atoms with Gasteiger partial charge >= 0.3 is 0 Å². The van der Waals surface area contributed by atoms with E-state index in [1.54, 1.807) is 0 Å². The van der Waals surface area contributed by atoms with Crippen LogP contribution in [0.1, 0.15) is 37.7 Å². The number of fused-ring (bicyclic) bond motifs is 1. The van der Waals surface area contributed by atoms with Gasteiger partial charge in [0.25, 0.3) is 0 Å². The second-order valence-electron chi connectivity index (χ2n) is 6.21. The summed E-state index contributed by atoms with van der Waals surface area (Å²) in [6, 6.07) is 16.1. The zero-order valence-corrected chi connectivity index (χ0v) is 12.4. The number of hydrogen-bond acceptors (Lipinski definition) is 1. The first-order valence-electron chi connectivity index (χ1n) is 8.00. The molecule has 0 aliphatic heterocycles. The third kappa shape index (κ3) is 3.04. The molecule has 3 rings (SSSR count). The van der Waals surface area contributed by atoms with Crippen molar-refractivity contribution >= 4 is 10.8 Å². The Bertz CT molecular complexity index is 549. The van der Waals surface area contributed by atoms with Crippen molar-refractivity contribution in [1.29, 1.82) is 0 Å². The predicted molar refractivity (Wildman–Crippen MR) is 87.1 cm³/mol. The van der Waals surface area contributed by atoms with Crippen LogP contribution in [0.5, 0.6) is 0 Å². The Morgan fingerprint density at radius 1 is 1.05 bits per heavy atom. The number of hydrogen-bond donors (Lipinski definition) is 1. The van der Waals surface area contributed by atoms with Crippen molar-refractivity contribution in [3.05, 3.63) is 48.0 Å². The molecule has 106 valence electrons. The van der Waals surface area contributed by atoms with Gasteiger partial charge in [0.15, 0.2) is 0 Å². The van der Waals surface area contributed by atoms with E-state index < -0.39 is 0 Å². The first kappa shape index (κ1) is 13.6. The van der Waals surface area contributed by atoms with Crippen molar-refractivity contribution in [3.63, 3.8) is 0 Å². The maximum absolute atomic E-state index is 3.54. The maximum Gasteiger partial charge on any atom is 0.0107 e. The third-order valence-electron chi connectivity index (χ3n) is 4.85. The van der Waals surface area contributed by atoms with E-state index in [-0.39, 0.29) is 0 Å². The van der Waals surface area contributed by atoms with Crippen LogP contribution in [0.2, 0.25) is 0 Å². The standard InChI is InChI=1S/C19H25N/c1-20-18(13-15-7-2-3-8-15)14-17-11-6-10-16-9-4-5-12-19(16)17/h4-6,9-12,15,18,20H,2-3,7-8,13-14H2,1H3. The van der Waals surface area contributed by atoms with Gasteiger partial charge in [-0.05, 0) is 42.1 Å². The van der Waals surface area contributed by atoms with Crippen LogP contribution in [-0.4, -0.2) is 13.1 Å². The number of rotatable bonds is 5. The number of likely N-dealkylation sites (N-methyl/N-ethyl adjacent to an activating group) is 1. The Morgan fingerprint density at radius 3 is 2.60 bits per heavy atom. The van der Waals surface area contributed by atoms with E-state index in [0.717, 1.165) is 12.3 Å². The largest absolute Gasteiger partial charge is 0.317 e. The lowest BCUT2D eigenvalue weighted by molar-refractivity contribution is 0.403. The van der Waals surface area contributed by atoms with E-state index in [2.05, 4.69) is 54.8 Å². The van der Waals surface area contributed by atoms with Crippen LogP contribution >= 0.6 is 0 Å². The van der Waals surface area contributed by atoms with Crippen LogP contribution in [0.4, 0.5) is 0 Å². The molecule has 1 aliphatic rings. The van der Waals surface area contributed by atoms with Gasteiger partial charge in [0.1, 0.15) is 0 Å². The fourth-order valence-electron chi connectivity index (χ4n) is 3.69. The Morgan fingerprint density at radius 2 is 1.80 bits per heavy atom. The average molecular weight is 267 g/mol. The lowest BCUT2D eigenvalue weighted by Gasteiger charge is -2.21. The SMILES string of the molecule is CNC(Cc1cccc2ccccc12)CC1CCCC1. The van der Waals surface area contributed by atoms with Crippen molar-refractivity contribution in [2.24, 2.45) is 5.92 Å². The van der Waals surface area contributed by atoms with Gasteiger partial charge in [-0.15, -0.1) is 0 Å². The Balaban J connectivity index is 1.76. The molecule has 1 fully saturated rings. The molecule has 0 radical (unpaired) electrons. The van der Waals surface area contributed by atoms with E-state index >= 15 is 0 Å². The fraction of sp³-hybridized carbons (Fsp3) is 0.474. The maximum atomic E-state index is 3.54. The molecule has 0 aromatic heterocycles. The molecular formula is C19H25N. The smallest absolute Gasteiger partial charge is 0.0107 e. The van der Waals surface area contributed by atoms with Crippen molar-refractivity contribution in [2.45, 2.75) is 44.6 Å². The first-order valence-corrected chi connectivity index (χ1v) is 8.00. The summed E-state index contributed by atoms with van der Waals surface area (Å²) in [4.78, 5) is 0. The van der Waals surface area contributed by atoms with Gasteiger partial charge in [-0.25, -0.2) is 0 Å². The second kappa shape index (κ2) is 6.41. The summed E-state index contributed by atoms with van der Waals surface area (Å²) in [5.74, 6) is 0.947. The number of benzene rings is 2. The van der Waals surface area contributed by atoms with Crippen molar-refractivity contribution in [1.82, 2.24) is 5.32 Å². The lowest BCUT2D eigenvalue weighted by atomic mass is 9.92. The molecule has 0 bridgehead atoms. The van der Waals surface area contributed by atoms with Gasteiger partial charge in [-0.2, -0.15) is 0 Å². The lowest BCUT2D eigenvalue weighted by Crippen LogP contribution is -2.29. The summed E-state index contributed by atoms with van der Waals surface area (Å²) >= 11 is 0. The van der Waals surface area contributed by atoms with Crippen LogP contribution in [-0.2, 0) is 6.42 Å². The Kier molecular flexibility index (Phi) is 4.37. The van der Waals surface area contributed by atoms with Gasteiger partial charge in [0.2, 0.25) is 0 Å². The summed E-state index contributed by atoms with van der Waals surface area (Å²) in [7, 11) is 2.12. The van der Waals surface area contributed by atoms with Crippen LogP contribution in [0, 0.1) is 5.92 Å². The summed E-state index contributed by atoms with van der Waals surface area (Å²) in [5.41, 5.74) is 1.49. The van der Waals surface area contributed by atoms with Gasteiger partial charge in [-0.1, -0.05) is 68.1 Å². The molecule has 20 heavy (non-hydrogen) atoms. The summed E-state index contributed by atoms with van der Waals surface area (Å²) in [6.07, 6.45) is 8.24. The molecule has 1 saturated carbocycles. The summed E-state index contributed by atoms with van der Waals surface area (Å²) in [6.45, 7) is 0. The minimum atomic E-state index is 0.615. The average Bonchev–Trinajstić information content (AvgIpc) is 3.00. The molecule has 1 aliphatic carbocycles. The Hall–Kier alpha value is -1.34. The zero-order chi connectivity index (χ0) is 13.8. The summed E-state index contributed by atoms with van der Waals surface area (Å²) < 4.78 is 0. The van der Waals surface area contributed by atoms with E-state index in [4.69, 9.17) is 0 Å². The third-order valence-corrected chi connectivity index (χ3v) is 4.85. The van der Waals surface area contributed by atoms with Crippen molar-refractivity contribution in [3.8, 4) is 0 Å². The molecule has 1 N–H and O–H groups in total. The zero-order valence-electron chi connectivity index (χ0n) is 12.4. The monoisotopic (exact) mass is 267 g/mol. The van der Waals surface area contributed by atoms with Gasteiger partial charge in [-0.3, -0.25) is 0 Å². The van der Waals surface area contributed by atoms with E-state index in [9.17, 15) is 0 Å². The van der Waals surface area contributed by atoms with E-state index in [1.807, 2.05) is 0 Å². The normalized spacial score (nSPS) is 17.6. The van der Waals surface area contributed by atoms with Gasteiger partial charge in [0.05, 0.1) is 0 Å². The highest BCUT2D eigenvalue weighted by molar-refractivity contribution is 5.85. The minimum absolute atomic E-state index is 0.615. The summed E-state index contributed by atoms with van der Waals surface area (Å²) in [5, 5.41) is 6.32. The topological polar surface area (TPSA) is 12.0 Å². The molecule has 0 saturated heterocycles. The molecule has 2 aromatic rings. The highest BCUT2D eigenvalue weighted by Gasteiger charge is 2.19. The first-order chi connectivity index (χ1) is 9.86. The quantitative estimate of drug-likeness (QED) is 0.838. The molecule has 0 heterocycles. The van der Waals surface area contributed by atoms with Crippen molar-refractivity contribution < 1.29 is 0 Å². The van der Waals surface area contributed by atoms with Crippen LogP contribution < -0.4 is 5.32 Å². The molecule has 2 aromatic carbocycles. The van der Waals surface area contributed by atoms with Gasteiger partial charge < -0.3 is 5.32 Å².